The van der Waals surface area contributed by atoms with Crippen LogP contribution in [0.4, 0.5) is 0 Å². The second-order valence-electron chi connectivity index (χ2n) is 20.2. The lowest BCUT2D eigenvalue weighted by Gasteiger charge is -2.69. The molecule has 0 bridgehead atoms. The van der Waals surface area contributed by atoms with Crippen LogP contribution in [0.2, 0.25) is 65.0 Å². The first-order valence-corrected chi connectivity index (χ1v) is 92.9. The predicted octanol–water partition coefficient (Wildman–Crippen LogP) is -17.9. The van der Waals surface area contributed by atoms with Gasteiger partial charge in [-0.3, -0.25) is 0 Å². The van der Waals surface area contributed by atoms with Gasteiger partial charge in [0.25, 0.3) is 53.8 Å². The molecule has 0 heterocycles. The summed E-state index contributed by atoms with van der Waals surface area (Å²) >= 11 is 0. The molecule has 5 unspecified atom stereocenters. The fourth-order valence-corrected chi connectivity index (χ4v) is 502. The maximum atomic E-state index is 12.6. The fraction of sp³-hybridized carbons (Fsp3) is 1.00. The van der Waals surface area contributed by atoms with Crippen LogP contribution in [-0.4, -0.2) is 312 Å². The van der Waals surface area contributed by atoms with Gasteiger partial charge in [-0.15, -0.1) is 0 Å². The summed E-state index contributed by atoms with van der Waals surface area (Å²) in [5, 5.41) is 0. The van der Waals surface area contributed by atoms with E-state index >= 15 is 0 Å². The Hall–Kier alpha value is 4.82. The van der Waals surface area contributed by atoms with Gasteiger partial charge >= 0.3 is 39.9 Å². The molecule has 440 valence electrons. The Morgan fingerprint density at radius 2 is 0.904 bits per heavy atom. The van der Waals surface area contributed by atoms with E-state index in [1.165, 1.54) is 20.2 Å². The zero-order valence-electron chi connectivity index (χ0n) is 45.3. The third-order valence-corrected chi connectivity index (χ3v) is 296. The van der Waals surface area contributed by atoms with E-state index < -0.39 is 223 Å². The maximum absolute atomic E-state index is 12.6. The highest BCUT2D eigenvalue weighted by Crippen LogP contribution is 2.52. The molecule has 53 heteroatoms. The van der Waals surface area contributed by atoms with Crippen LogP contribution in [0.1, 0.15) is 58.3 Å². The van der Waals surface area contributed by atoms with Crippen molar-refractivity contribution < 1.29 is 118 Å². The molecule has 0 amide bonds. The summed E-state index contributed by atoms with van der Waals surface area (Å²) in [6.45, 7) is -8.98. The molecule has 0 aliphatic rings. The molecule has 15 N–H and O–H groups in total. The first-order valence-electron chi connectivity index (χ1n) is 24.4. The molecule has 0 saturated carbocycles. The molecule has 26 nitrogen and oxygen atoms in total. The molecule has 0 fully saturated rings. The minimum Gasteiger partial charge on any atom is -0.465 e. The monoisotopic (exact) mass is 1510 g/mol. The van der Waals surface area contributed by atoms with E-state index in [1.807, 2.05) is 19.6 Å². The largest absolute Gasteiger partial charge is 0.465 e. The Kier molecular flexibility index (Phi) is 37.0. The van der Waals surface area contributed by atoms with Gasteiger partial charge < -0.3 is 118 Å². The van der Waals surface area contributed by atoms with E-state index in [4.69, 9.17) is 45.6 Å². The van der Waals surface area contributed by atoms with Crippen molar-refractivity contribution in [2.45, 2.75) is 123 Å². The van der Waals surface area contributed by atoms with Crippen LogP contribution in [-0.2, 0) is 45.6 Å². The van der Waals surface area contributed by atoms with Crippen molar-refractivity contribution in [2.75, 3.05) is 7.11 Å². The molecule has 0 aromatic carbocycles. The Balaban J connectivity index is 11.0. The van der Waals surface area contributed by atoms with E-state index in [9.17, 15) is 71.9 Å². The van der Waals surface area contributed by atoms with Crippen LogP contribution in [0.15, 0.2) is 0 Å². The molecule has 0 aromatic rings. The van der Waals surface area contributed by atoms with Crippen LogP contribution in [0.3, 0.4) is 0 Å². The molecule has 0 aromatic heterocycles. The van der Waals surface area contributed by atoms with Crippen LogP contribution in [0, 0.1) is 0 Å². The molecular weight excluding hydrogens is 1410 g/mol. The standard InChI is InChI=1S/C20H96O26Si27/c1-12-13-14-15-16-17-18-19-20-65(11,35)44-66(52-25,53-26)45-73(70(57-30,58-31)39-49-22,71(59-32,60-33)40-50-23)68(43-63(7,8)42-62(4,5)6,46-67(54-27,38-48-21)61(3)34)72(41-51-24,64(9,10)36-2)69(37-47,55-28)56-29/h21-35,61H,12-20,48-60H2,1-11,47H3. The first kappa shape index (κ1) is 77.8. The van der Waals surface area contributed by atoms with Gasteiger partial charge in [0, 0.05) is 7.11 Å². The lowest BCUT2D eigenvalue weighted by molar-refractivity contribution is 0.298. The van der Waals surface area contributed by atoms with Crippen molar-refractivity contribution in [1.82, 2.24) is 0 Å². The van der Waals surface area contributed by atoms with Gasteiger partial charge in [0.15, 0.2) is 64.0 Å². The summed E-state index contributed by atoms with van der Waals surface area (Å²) in [4.78, 5) is 182. The molecule has 0 saturated heterocycles. The molecule has 5 atom stereocenters. The Bertz CT molecular complexity index is 1490. The smallest absolute Gasteiger partial charge is 0.339 e. The van der Waals surface area contributed by atoms with E-state index in [-0.39, 0.29) is 16.5 Å². The van der Waals surface area contributed by atoms with Crippen LogP contribution < -0.4 is 0 Å². The van der Waals surface area contributed by atoms with Crippen molar-refractivity contribution in [3.63, 3.8) is 0 Å². The molecule has 0 aliphatic carbocycles. The third kappa shape index (κ3) is 17.9. The van der Waals surface area contributed by atoms with Gasteiger partial charge in [-0.2, -0.15) is 0 Å². The lowest BCUT2D eigenvalue weighted by Crippen LogP contribution is -3.11. The van der Waals surface area contributed by atoms with E-state index in [2.05, 4.69) is 6.92 Å². The molecule has 0 aliphatic heterocycles. The van der Waals surface area contributed by atoms with Crippen LogP contribution in [0.25, 0.3) is 0 Å². The minimum atomic E-state index is -6.10. The average Bonchev–Trinajstić information content (AvgIpc) is 3.33. The van der Waals surface area contributed by atoms with Gasteiger partial charge in [0.05, 0.1) is 0 Å². The number of unbranched alkanes of at least 4 members (excludes halogenated alkanes) is 7. The van der Waals surface area contributed by atoms with Gasteiger partial charge in [0.2, 0.25) is 64.8 Å². The molecule has 0 spiro atoms. The van der Waals surface area contributed by atoms with E-state index in [1.54, 1.807) is 26.2 Å². The maximum Gasteiger partial charge on any atom is 0.339 e. The molecule has 0 rings (SSSR count). The molecule has 0 radical (unpaired) electrons. The van der Waals surface area contributed by atoms with Crippen LogP contribution >= 0.6 is 0 Å². The number of hydrogen-bond donors (Lipinski definition) is 15. The predicted molar refractivity (Wildman–Crippen MR) is 349 cm³/mol. The van der Waals surface area contributed by atoms with Crippen molar-refractivity contribution in [3.05, 3.63) is 0 Å². The highest BCUT2D eigenvalue weighted by atomic mass is 30.4. The summed E-state index contributed by atoms with van der Waals surface area (Å²) in [6, 6.07) is 0.0993. The van der Waals surface area contributed by atoms with Gasteiger partial charge in [-0.05, 0) is 65.0 Å². The fourth-order valence-electron chi connectivity index (χ4n) is 9.85. The Morgan fingerprint density at radius 3 is 1.23 bits per heavy atom. The van der Waals surface area contributed by atoms with E-state index in [0.717, 1.165) is 38.5 Å². The quantitative estimate of drug-likeness (QED) is 0.0199. The minimum absolute atomic E-state index is 0.0993. The molecular formula is C20H96O26Si27. The summed E-state index contributed by atoms with van der Waals surface area (Å²) in [7, 11) is -72.1. The summed E-state index contributed by atoms with van der Waals surface area (Å²) in [6.07, 6.45) is 7.41. The molecule has 73 heavy (non-hydrogen) atoms. The normalized spacial score (nSPS) is 23.3. The highest BCUT2D eigenvalue weighted by molar-refractivity contribution is 8.20. The van der Waals surface area contributed by atoms with Crippen molar-refractivity contribution in [3.8, 4) is 0 Å². The summed E-state index contributed by atoms with van der Waals surface area (Å²) < 4.78 is 78.3. The zero-order valence-corrected chi connectivity index (χ0v) is 78.9. The number of rotatable bonds is 45. The SMILES string of the molecule is CCCCCCCCCC[Si](C)(O)O[Si](O[Si]([Si](O[SiH2]O)([SiH2]O)[SiH2]O)([Si](O[SiH2]O)([SiH2]O)[SiH2]O)[Si](O[Si](C)(C)O[Si](C)(C)C)(O[Si](O[SiH2]O)([SiH2]O)[SiH](C)O)[Si](O[SiH2]O)([Si](C)(C)OC)[Si](O[SiH3])([SiH2]O)[SiH2]O)([SiH2]O)[SiH2]O. The van der Waals surface area contributed by atoms with E-state index in [0.29, 0.717) is 12.8 Å². The van der Waals surface area contributed by atoms with Gasteiger partial charge in [-0.1, -0.05) is 58.3 Å². The Labute approximate surface area is 476 Å². The second kappa shape index (κ2) is 34.7. The highest BCUT2D eigenvalue weighted by Gasteiger charge is 2.96. The van der Waals surface area contributed by atoms with Crippen molar-refractivity contribution in [2.24, 2.45) is 0 Å². The topological polar surface area (TPSA) is 405 Å². The average molecular weight is 1510 g/mol. The summed E-state index contributed by atoms with van der Waals surface area (Å²) in [5.74, 6) is 0. The Morgan fingerprint density at radius 1 is 0.479 bits per heavy atom. The third-order valence-electron chi connectivity index (χ3n) is 13.2. The zero-order chi connectivity index (χ0) is 56.9. The van der Waals surface area contributed by atoms with Crippen molar-refractivity contribution >= 4 is 233 Å². The lowest BCUT2D eigenvalue weighted by atomic mass is 10.1. The first-order chi connectivity index (χ1) is 33.9. The van der Waals surface area contributed by atoms with Gasteiger partial charge in [-0.25, -0.2) is 0 Å². The second-order valence-corrected chi connectivity index (χ2v) is 172. The van der Waals surface area contributed by atoms with Crippen molar-refractivity contribution in [1.29, 1.82) is 0 Å². The summed E-state index contributed by atoms with van der Waals surface area (Å²) in [5.41, 5.74) is 0. The van der Waals surface area contributed by atoms with Crippen LogP contribution in [0.5, 0.6) is 0 Å². The number of hydrogen-bond acceptors (Lipinski definition) is 26. The van der Waals surface area contributed by atoms with Gasteiger partial charge in [0.1, 0.15) is 10.5 Å².